The van der Waals surface area contributed by atoms with E-state index in [2.05, 4.69) is 15.5 Å². The van der Waals surface area contributed by atoms with Gasteiger partial charge in [0, 0.05) is 11.1 Å². The van der Waals surface area contributed by atoms with Crippen LogP contribution in [0.25, 0.3) is 11.5 Å². The second-order valence-electron chi connectivity index (χ2n) is 6.21. The van der Waals surface area contributed by atoms with Crippen molar-refractivity contribution in [2.24, 2.45) is 0 Å². The van der Waals surface area contributed by atoms with E-state index in [4.69, 9.17) is 9.15 Å². The van der Waals surface area contributed by atoms with Crippen LogP contribution in [0.3, 0.4) is 0 Å². The van der Waals surface area contributed by atoms with Crippen LogP contribution in [0.4, 0.5) is 6.01 Å². The Morgan fingerprint density at radius 1 is 1.04 bits per heavy atom. The van der Waals surface area contributed by atoms with Crippen molar-refractivity contribution in [1.82, 2.24) is 10.2 Å². The van der Waals surface area contributed by atoms with Crippen LogP contribution in [-0.4, -0.2) is 36.9 Å². The summed E-state index contributed by atoms with van der Waals surface area (Å²) in [7, 11) is -1.81. The number of amides is 1. The van der Waals surface area contributed by atoms with Gasteiger partial charge in [-0.05, 0) is 62.4 Å². The molecule has 1 heterocycles. The highest BCUT2D eigenvalue weighted by Crippen LogP contribution is 2.23. The quantitative estimate of drug-likeness (QED) is 0.675. The van der Waals surface area contributed by atoms with E-state index in [0.717, 1.165) is 0 Å². The number of rotatable bonds is 6. The molecule has 0 fully saturated rings. The molecule has 0 saturated carbocycles. The molecule has 1 N–H and O–H groups in total. The van der Waals surface area contributed by atoms with Crippen molar-refractivity contribution in [2.75, 3.05) is 12.4 Å². The highest BCUT2D eigenvalue weighted by Gasteiger charge is 2.19. The van der Waals surface area contributed by atoms with Crippen LogP contribution in [-0.2, 0) is 9.84 Å². The lowest BCUT2D eigenvalue weighted by molar-refractivity contribution is 0.102. The molecule has 3 rings (SSSR count). The molecule has 1 amide bonds. The molecule has 9 heteroatoms. The fourth-order valence-electron chi connectivity index (χ4n) is 2.36. The summed E-state index contributed by atoms with van der Waals surface area (Å²) in [5.74, 6) is 0.398. The Bertz CT molecular complexity index is 1070. The smallest absolute Gasteiger partial charge is 0.322 e. The monoisotopic (exact) mass is 401 g/mol. The minimum Gasteiger partial charge on any atom is -0.497 e. The lowest BCUT2D eigenvalue weighted by atomic mass is 10.2. The average Bonchev–Trinajstić information content (AvgIpc) is 3.16. The largest absolute Gasteiger partial charge is 0.497 e. The van der Waals surface area contributed by atoms with E-state index >= 15 is 0 Å². The SMILES string of the molecule is COc1ccc(C(=O)Nc2nnc(-c3ccc(S(=O)(=O)C(C)C)cc3)o2)cc1. The number of carbonyl (C=O) groups excluding carboxylic acids is 1. The zero-order valence-corrected chi connectivity index (χ0v) is 16.4. The van der Waals surface area contributed by atoms with Crippen molar-refractivity contribution >= 4 is 21.8 Å². The normalized spacial score (nSPS) is 11.4. The van der Waals surface area contributed by atoms with Gasteiger partial charge < -0.3 is 9.15 Å². The third kappa shape index (κ3) is 4.04. The van der Waals surface area contributed by atoms with Crippen LogP contribution in [0.5, 0.6) is 5.75 Å². The molecule has 0 aliphatic carbocycles. The van der Waals surface area contributed by atoms with Crippen molar-refractivity contribution in [3.05, 3.63) is 54.1 Å². The van der Waals surface area contributed by atoms with E-state index in [1.54, 1.807) is 57.4 Å². The summed E-state index contributed by atoms with van der Waals surface area (Å²) < 4.78 is 34.8. The van der Waals surface area contributed by atoms with Gasteiger partial charge >= 0.3 is 6.01 Å². The maximum atomic E-state index is 12.2. The number of sulfone groups is 1. The summed E-state index contributed by atoms with van der Waals surface area (Å²) in [6.07, 6.45) is 0. The number of nitrogens with one attached hydrogen (secondary N) is 1. The Balaban J connectivity index is 1.74. The van der Waals surface area contributed by atoms with Crippen molar-refractivity contribution in [3.8, 4) is 17.2 Å². The summed E-state index contributed by atoms with van der Waals surface area (Å²) in [4.78, 5) is 12.5. The average molecular weight is 401 g/mol. The number of aromatic nitrogens is 2. The topological polar surface area (TPSA) is 111 Å². The number of methoxy groups -OCH3 is 1. The van der Waals surface area contributed by atoms with Gasteiger partial charge in [-0.2, -0.15) is 0 Å². The third-order valence-electron chi connectivity index (χ3n) is 4.05. The predicted molar refractivity (Wildman–Crippen MR) is 103 cm³/mol. The molecule has 0 aliphatic heterocycles. The van der Waals surface area contributed by atoms with Gasteiger partial charge in [-0.3, -0.25) is 10.1 Å². The molecule has 8 nitrogen and oxygen atoms in total. The minimum atomic E-state index is -3.35. The number of benzene rings is 2. The number of nitrogens with zero attached hydrogens (tertiary/aromatic N) is 2. The van der Waals surface area contributed by atoms with E-state index < -0.39 is 21.0 Å². The predicted octanol–water partition coefficient (Wildman–Crippen LogP) is 3.18. The molecule has 2 aromatic carbocycles. The lowest BCUT2D eigenvalue weighted by Gasteiger charge is -2.07. The van der Waals surface area contributed by atoms with E-state index in [0.29, 0.717) is 16.9 Å². The first-order valence-corrected chi connectivity index (χ1v) is 9.99. The van der Waals surface area contributed by atoms with Crippen LogP contribution >= 0.6 is 0 Å². The Hall–Kier alpha value is -3.20. The van der Waals surface area contributed by atoms with E-state index in [9.17, 15) is 13.2 Å². The number of hydrogen-bond acceptors (Lipinski definition) is 7. The van der Waals surface area contributed by atoms with Gasteiger partial charge in [0.05, 0.1) is 17.3 Å². The maximum Gasteiger partial charge on any atom is 0.322 e. The molecule has 0 atom stereocenters. The van der Waals surface area contributed by atoms with Gasteiger partial charge in [-0.25, -0.2) is 8.42 Å². The van der Waals surface area contributed by atoms with Crippen molar-refractivity contribution < 1.29 is 22.4 Å². The summed E-state index contributed by atoms with van der Waals surface area (Å²) in [5, 5.41) is 9.69. The molecule has 28 heavy (non-hydrogen) atoms. The van der Waals surface area contributed by atoms with Crippen LogP contribution in [0, 0.1) is 0 Å². The number of ether oxygens (including phenoxy) is 1. The highest BCUT2D eigenvalue weighted by molar-refractivity contribution is 7.92. The van der Waals surface area contributed by atoms with Gasteiger partial charge in [0.2, 0.25) is 5.89 Å². The Labute approximate surface area is 162 Å². The van der Waals surface area contributed by atoms with Crippen LogP contribution in [0.2, 0.25) is 0 Å². The van der Waals surface area contributed by atoms with Gasteiger partial charge in [-0.1, -0.05) is 5.10 Å². The Kier molecular flexibility index (Phi) is 5.46. The van der Waals surface area contributed by atoms with E-state index in [1.165, 1.54) is 12.1 Å². The molecule has 1 aromatic heterocycles. The van der Waals surface area contributed by atoms with Crippen molar-refractivity contribution in [2.45, 2.75) is 24.0 Å². The fourth-order valence-corrected chi connectivity index (χ4v) is 3.42. The first-order chi connectivity index (χ1) is 13.3. The molecule has 0 unspecified atom stereocenters. The molecule has 0 aliphatic rings. The second kappa shape index (κ2) is 7.81. The summed E-state index contributed by atoms with van der Waals surface area (Å²) in [6.45, 7) is 3.25. The fraction of sp³-hybridized carbons (Fsp3) is 0.211. The van der Waals surface area contributed by atoms with Crippen molar-refractivity contribution in [1.29, 1.82) is 0 Å². The van der Waals surface area contributed by atoms with Crippen LogP contribution in [0.1, 0.15) is 24.2 Å². The maximum absolute atomic E-state index is 12.2. The zero-order valence-electron chi connectivity index (χ0n) is 15.5. The highest BCUT2D eigenvalue weighted by atomic mass is 32.2. The summed E-state index contributed by atoms with van der Waals surface area (Å²) >= 11 is 0. The molecule has 146 valence electrons. The molecule has 0 saturated heterocycles. The first-order valence-electron chi connectivity index (χ1n) is 8.44. The standard InChI is InChI=1S/C19H19N3O5S/c1-12(2)28(24,25)16-10-6-14(7-11-16)18-21-22-19(27-18)20-17(23)13-4-8-15(26-3)9-5-13/h4-12H,1-3H3,(H,20,22,23). The zero-order chi connectivity index (χ0) is 20.3. The summed E-state index contributed by atoms with van der Waals surface area (Å²) in [5.41, 5.74) is 0.948. The van der Waals surface area contributed by atoms with Gasteiger partial charge in [0.15, 0.2) is 9.84 Å². The molecule has 0 radical (unpaired) electrons. The van der Waals surface area contributed by atoms with Crippen LogP contribution < -0.4 is 10.1 Å². The molecular weight excluding hydrogens is 382 g/mol. The van der Waals surface area contributed by atoms with E-state index in [1.807, 2.05) is 0 Å². The second-order valence-corrected chi connectivity index (χ2v) is 8.72. The third-order valence-corrected chi connectivity index (χ3v) is 6.22. The van der Waals surface area contributed by atoms with Gasteiger partial charge in [0.1, 0.15) is 5.75 Å². The summed E-state index contributed by atoms with van der Waals surface area (Å²) in [6, 6.07) is 12.6. The minimum absolute atomic E-state index is 0.0605. The molecule has 3 aromatic rings. The number of carbonyl (C=O) groups is 1. The van der Waals surface area contributed by atoms with Gasteiger partial charge in [-0.15, -0.1) is 5.10 Å². The lowest BCUT2D eigenvalue weighted by Crippen LogP contribution is -2.13. The Morgan fingerprint density at radius 2 is 1.68 bits per heavy atom. The van der Waals surface area contributed by atoms with Crippen LogP contribution in [0.15, 0.2) is 57.8 Å². The van der Waals surface area contributed by atoms with Crippen molar-refractivity contribution in [3.63, 3.8) is 0 Å². The Morgan fingerprint density at radius 3 is 2.25 bits per heavy atom. The van der Waals surface area contributed by atoms with E-state index in [-0.39, 0.29) is 16.8 Å². The molecular formula is C19H19N3O5S. The first kappa shape index (κ1) is 19.6. The molecule has 0 bridgehead atoms. The number of hydrogen-bond donors (Lipinski definition) is 1. The number of anilines is 1. The van der Waals surface area contributed by atoms with Gasteiger partial charge in [0.25, 0.3) is 5.91 Å². The molecule has 0 spiro atoms.